The standard InChI is InChI=1S/C10H15F3N2O/c11-10(12,13)3-1-9(16)15-5-7-2-4-14-8(7)6-15/h7-8,14H,1-6H2/t7-,8+/m0/s1. The van der Waals surface area contributed by atoms with E-state index in [-0.39, 0.29) is 5.91 Å². The molecule has 1 N–H and O–H groups in total. The summed E-state index contributed by atoms with van der Waals surface area (Å²) in [7, 11) is 0. The fraction of sp³-hybridized carbons (Fsp3) is 0.900. The fourth-order valence-corrected chi connectivity index (χ4v) is 2.46. The van der Waals surface area contributed by atoms with Gasteiger partial charge in [0.1, 0.15) is 0 Å². The van der Waals surface area contributed by atoms with Gasteiger partial charge in [-0.2, -0.15) is 13.2 Å². The molecule has 2 aliphatic rings. The number of fused-ring (bicyclic) bond motifs is 1. The van der Waals surface area contributed by atoms with Crippen LogP contribution in [0.2, 0.25) is 0 Å². The molecule has 1 amide bonds. The number of amides is 1. The van der Waals surface area contributed by atoms with E-state index < -0.39 is 19.0 Å². The summed E-state index contributed by atoms with van der Waals surface area (Å²) in [6, 6.07) is 0.301. The predicted octanol–water partition coefficient (Wildman–Crippen LogP) is 1.15. The molecule has 0 saturated carbocycles. The van der Waals surface area contributed by atoms with Gasteiger partial charge in [0.15, 0.2) is 0 Å². The minimum Gasteiger partial charge on any atom is -0.341 e. The number of alkyl halides is 3. The number of rotatable bonds is 2. The first-order valence-electron chi connectivity index (χ1n) is 5.53. The summed E-state index contributed by atoms with van der Waals surface area (Å²) in [5, 5.41) is 3.26. The van der Waals surface area contributed by atoms with Gasteiger partial charge >= 0.3 is 6.18 Å². The van der Waals surface area contributed by atoms with Crippen LogP contribution < -0.4 is 5.32 Å². The molecule has 0 aliphatic carbocycles. The molecule has 2 fully saturated rings. The molecule has 0 radical (unpaired) electrons. The van der Waals surface area contributed by atoms with Crippen molar-refractivity contribution in [2.75, 3.05) is 19.6 Å². The normalized spacial score (nSPS) is 29.6. The Labute approximate surface area is 92.0 Å². The molecule has 0 aromatic carbocycles. The van der Waals surface area contributed by atoms with Crippen molar-refractivity contribution < 1.29 is 18.0 Å². The summed E-state index contributed by atoms with van der Waals surface area (Å²) in [4.78, 5) is 13.1. The van der Waals surface area contributed by atoms with Crippen LogP contribution in [-0.4, -0.2) is 42.7 Å². The molecular formula is C10H15F3N2O. The van der Waals surface area contributed by atoms with Crippen molar-refractivity contribution in [3.05, 3.63) is 0 Å². The summed E-state index contributed by atoms with van der Waals surface area (Å²) < 4.78 is 35.9. The summed E-state index contributed by atoms with van der Waals surface area (Å²) in [5.74, 6) is 0.0726. The van der Waals surface area contributed by atoms with E-state index in [1.807, 2.05) is 0 Å². The number of nitrogens with one attached hydrogen (secondary N) is 1. The molecule has 0 unspecified atom stereocenters. The zero-order chi connectivity index (χ0) is 11.8. The van der Waals surface area contributed by atoms with Gasteiger partial charge in [-0.15, -0.1) is 0 Å². The van der Waals surface area contributed by atoms with Gasteiger partial charge < -0.3 is 10.2 Å². The highest BCUT2D eigenvalue weighted by atomic mass is 19.4. The summed E-state index contributed by atoms with van der Waals surface area (Å²) in [6.07, 6.45) is -4.63. The molecule has 6 heteroatoms. The van der Waals surface area contributed by atoms with E-state index >= 15 is 0 Å². The first-order valence-corrected chi connectivity index (χ1v) is 5.53. The Kier molecular flexibility index (Phi) is 3.10. The minimum absolute atomic E-state index is 0.301. The summed E-state index contributed by atoms with van der Waals surface area (Å²) in [6.45, 7) is 2.15. The molecule has 2 heterocycles. The van der Waals surface area contributed by atoms with E-state index in [2.05, 4.69) is 5.32 Å². The van der Waals surface area contributed by atoms with Crippen LogP contribution in [0, 0.1) is 5.92 Å². The highest BCUT2D eigenvalue weighted by molar-refractivity contribution is 5.76. The van der Waals surface area contributed by atoms with Gasteiger partial charge in [-0.1, -0.05) is 0 Å². The Morgan fingerprint density at radius 1 is 1.38 bits per heavy atom. The Morgan fingerprint density at radius 2 is 2.12 bits per heavy atom. The molecule has 0 aromatic heterocycles. The molecule has 2 rings (SSSR count). The number of likely N-dealkylation sites (tertiary alicyclic amines) is 1. The van der Waals surface area contributed by atoms with Gasteiger partial charge in [0.2, 0.25) is 5.91 Å². The Hall–Kier alpha value is -0.780. The molecule has 2 saturated heterocycles. The second-order valence-electron chi connectivity index (χ2n) is 4.52. The molecule has 0 bridgehead atoms. The summed E-state index contributed by atoms with van der Waals surface area (Å²) in [5.41, 5.74) is 0. The minimum atomic E-state index is -4.23. The number of hydrogen-bond acceptors (Lipinski definition) is 2. The molecule has 0 aromatic rings. The maximum atomic E-state index is 12.0. The fourth-order valence-electron chi connectivity index (χ4n) is 2.46. The molecule has 2 atom stereocenters. The topological polar surface area (TPSA) is 32.3 Å². The lowest BCUT2D eigenvalue weighted by Crippen LogP contribution is -2.34. The van der Waals surface area contributed by atoms with Crippen LogP contribution in [0.3, 0.4) is 0 Å². The molecule has 2 aliphatic heterocycles. The Morgan fingerprint density at radius 3 is 2.75 bits per heavy atom. The maximum Gasteiger partial charge on any atom is 0.389 e. The third-order valence-electron chi connectivity index (χ3n) is 3.34. The highest BCUT2D eigenvalue weighted by Gasteiger charge is 2.38. The molecule has 16 heavy (non-hydrogen) atoms. The smallest absolute Gasteiger partial charge is 0.341 e. The predicted molar refractivity (Wildman–Crippen MR) is 51.8 cm³/mol. The van der Waals surface area contributed by atoms with Crippen molar-refractivity contribution in [3.8, 4) is 0 Å². The number of halogens is 3. The average molecular weight is 236 g/mol. The van der Waals surface area contributed by atoms with Gasteiger partial charge in [0.25, 0.3) is 0 Å². The van der Waals surface area contributed by atoms with Crippen molar-refractivity contribution in [2.24, 2.45) is 5.92 Å². The van der Waals surface area contributed by atoms with Gasteiger partial charge in [0.05, 0.1) is 6.42 Å². The highest BCUT2D eigenvalue weighted by Crippen LogP contribution is 2.27. The zero-order valence-corrected chi connectivity index (χ0v) is 8.89. The quantitative estimate of drug-likeness (QED) is 0.780. The average Bonchev–Trinajstić information content (AvgIpc) is 2.71. The second-order valence-corrected chi connectivity index (χ2v) is 4.52. The maximum absolute atomic E-state index is 12.0. The van der Waals surface area contributed by atoms with Crippen molar-refractivity contribution in [3.63, 3.8) is 0 Å². The molecule has 0 spiro atoms. The summed E-state index contributed by atoms with van der Waals surface area (Å²) >= 11 is 0. The third-order valence-corrected chi connectivity index (χ3v) is 3.34. The van der Waals surface area contributed by atoms with Crippen molar-refractivity contribution >= 4 is 5.91 Å². The van der Waals surface area contributed by atoms with E-state index in [0.717, 1.165) is 13.0 Å². The molecular weight excluding hydrogens is 221 g/mol. The van der Waals surface area contributed by atoms with Crippen molar-refractivity contribution in [2.45, 2.75) is 31.5 Å². The van der Waals surface area contributed by atoms with Gasteiger partial charge in [-0.3, -0.25) is 4.79 Å². The van der Waals surface area contributed by atoms with Gasteiger partial charge in [-0.25, -0.2) is 0 Å². The number of hydrogen-bond donors (Lipinski definition) is 1. The number of carbonyl (C=O) groups excluding carboxylic acids is 1. The third kappa shape index (κ3) is 2.66. The van der Waals surface area contributed by atoms with E-state index in [0.29, 0.717) is 25.0 Å². The monoisotopic (exact) mass is 236 g/mol. The van der Waals surface area contributed by atoms with Crippen molar-refractivity contribution in [1.82, 2.24) is 10.2 Å². The Balaban J connectivity index is 1.79. The van der Waals surface area contributed by atoms with Crippen LogP contribution in [0.4, 0.5) is 13.2 Å². The second kappa shape index (κ2) is 4.24. The van der Waals surface area contributed by atoms with Crippen LogP contribution in [-0.2, 0) is 4.79 Å². The van der Waals surface area contributed by atoms with Gasteiger partial charge in [-0.05, 0) is 18.9 Å². The van der Waals surface area contributed by atoms with Crippen LogP contribution in [0.15, 0.2) is 0 Å². The Bertz CT molecular complexity index is 268. The first kappa shape index (κ1) is 11.7. The first-order chi connectivity index (χ1) is 7.46. The molecule has 3 nitrogen and oxygen atoms in total. The van der Waals surface area contributed by atoms with Crippen LogP contribution in [0.1, 0.15) is 19.3 Å². The van der Waals surface area contributed by atoms with Crippen LogP contribution >= 0.6 is 0 Å². The molecule has 92 valence electrons. The number of carbonyl (C=O) groups is 1. The van der Waals surface area contributed by atoms with E-state index in [9.17, 15) is 18.0 Å². The van der Waals surface area contributed by atoms with Gasteiger partial charge in [0, 0.05) is 25.6 Å². The van der Waals surface area contributed by atoms with E-state index in [1.54, 1.807) is 4.90 Å². The van der Waals surface area contributed by atoms with E-state index in [1.165, 1.54) is 0 Å². The lowest BCUT2D eigenvalue weighted by Gasteiger charge is -2.17. The van der Waals surface area contributed by atoms with E-state index in [4.69, 9.17) is 0 Å². The zero-order valence-electron chi connectivity index (χ0n) is 8.89. The largest absolute Gasteiger partial charge is 0.389 e. The van der Waals surface area contributed by atoms with Crippen LogP contribution in [0.5, 0.6) is 0 Å². The van der Waals surface area contributed by atoms with Crippen molar-refractivity contribution in [1.29, 1.82) is 0 Å². The SMILES string of the molecule is O=C(CCC(F)(F)F)N1C[C@@H]2CCN[C@@H]2C1. The lowest BCUT2D eigenvalue weighted by atomic mass is 10.1. The van der Waals surface area contributed by atoms with Crippen LogP contribution in [0.25, 0.3) is 0 Å². The number of nitrogens with zero attached hydrogens (tertiary/aromatic N) is 1. The lowest BCUT2D eigenvalue weighted by molar-refractivity contribution is -0.148.